The molecule has 26 heavy (non-hydrogen) atoms. The van der Waals surface area contributed by atoms with E-state index in [1.807, 2.05) is 48.5 Å². The molecule has 1 aromatic heterocycles. The third-order valence-electron chi connectivity index (χ3n) is 3.97. The molecule has 0 unspecified atom stereocenters. The molecule has 132 valence electrons. The molecule has 2 N–H and O–H groups in total. The van der Waals surface area contributed by atoms with E-state index in [9.17, 15) is 9.59 Å². The molecule has 0 fully saturated rings. The van der Waals surface area contributed by atoms with E-state index in [1.54, 1.807) is 23.0 Å². The Morgan fingerprint density at radius 3 is 2.35 bits per heavy atom. The van der Waals surface area contributed by atoms with Gasteiger partial charge in [-0.3, -0.25) is 14.3 Å². The van der Waals surface area contributed by atoms with Gasteiger partial charge in [-0.05, 0) is 11.1 Å². The first-order valence-electron chi connectivity index (χ1n) is 8.26. The van der Waals surface area contributed by atoms with E-state index < -0.39 is 12.0 Å². The summed E-state index contributed by atoms with van der Waals surface area (Å²) < 4.78 is 1.68. The van der Waals surface area contributed by atoms with Gasteiger partial charge in [0.15, 0.2) is 0 Å². The number of aliphatic carboxylic acids is 1. The molecule has 1 amide bonds. The van der Waals surface area contributed by atoms with Crippen LogP contribution in [0.1, 0.15) is 33.9 Å². The van der Waals surface area contributed by atoms with Crippen LogP contribution in [0.25, 0.3) is 0 Å². The van der Waals surface area contributed by atoms with Crippen molar-refractivity contribution < 1.29 is 14.7 Å². The highest BCUT2D eigenvalue weighted by molar-refractivity contribution is 5.94. The molecule has 6 heteroatoms. The molecule has 0 aliphatic carbocycles. The van der Waals surface area contributed by atoms with Crippen molar-refractivity contribution >= 4 is 11.9 Å². The zero-order valence-corrected chi connectivity index (χ0v) is 14.1. The summed E-state index contributed by atoms with van der Waals surface area (Å²) in [6.07, 6.45) is 2.96. The molecule has 0 saturated carbocycles. The molecule has 3 rings (SSSR count). The third-order valence-corrected chi connectivity index (χ3v) is 3.97. The first kappa shape index (κ1) is 17.4. The summed E-state index contributed by atoms with van der Waals surface area (Å²) in [6.45, 7) is 0.561. The zero-order chi connectivity index (χ0) is 18.4. The van der Waals surface area contributed by atoms with Gasteiger partial charge in [-0.1, -0.05) is 60.7 Å². The van der Waals surface area contributed by atoms with Gasteiger partial charge < -0.3 is 10.4 Å². The van der Waals surface area contributed by atoms with Gasteiger partial charge in [0.1, 0.15) is 0 Å². The molecule has 0 bridgehead atoms. The number of nitrogens with one attached hydrogen (secondary N) is 1. The van der Waals surface area contributed by atoms with Gasteiger partial charge in [-0.15, -0.1) is 0 Å². The Morgan fingerprint density at radius 2 is 1.69 bits per heavy atom. The molecule has 0 saturated heterocycles. The van der Waals surface area contributed by atoms with Crippen LogP contribution in [0.5, 0.6) is 0 Å². The van der Waals surface area contributed by atoms with Crippen LogP contribution in [0.3, 0.4) is 0 Å². The van der Waals surface area contributed by atoms with E-state index in [0.717, 1.165) is 11.1 Å². The quantitative estimate of drug-likeness (QED) is 0.687. The van der Waals surface area contributed by atoms with Gasteiger partial charge >= 0.3 is 5.97 Å². The summed E-state index contributed by atoms with van der Waals surface area (Å²) in [5.74, 6) is -1.32. The third kappa shape index (κ3) is 4.57. The van der Waals surface area contributed by atoms with Crippen LogP contribution in [-0.2, 0) is 11.3 Å². The lowest BCUT2D eigenvalue weighted by Crippen LogP contribution is -2.30. The number of hydrogen-bond donors (Lipinski definition) is 2. The van der Waals surface area contributed by atoms with Crippen LogP contribution in [0.4, 0.5) is 0 Å². The fraction of sp³-hybridized carbons (Fsp3) is 0.150. The summed E-state index contributed by atoms with van der Waals surface area (Å²) in [5, 5.41) is 16.1. The highest BCUT2D eigenvalue weighted by atomic mass is 16.4. The minimum absolute atomic E-state index is 0.187. The lowest BCUT2D eigenvalue weighted by atomic mass is 10.0. The summed E-state index contributed by atoms with van der Waals surface area (Å²) in [6, 6.07) is 18.3. The highest BCUT2D eigenvalue weighted by Crippen LogP contribution is 2.17. The zero-order valence-electron chi connectivity index (χ0n) is 14.1. The van der Waals surface area contributed by atoms with Crippen molar-refractivity contribution in [3.05, 3.63) is 89.7 Å². The summed E-state index contributed by atoms with van der Waals surface area (Å²) in [7, 11) is 0. The van der Waals surface area contributed by atoms with Crippen molar-refractivity contribution in [3.8, 4) is 0 Å². The number of aromatic nitrogens is 2. The van der Waals surface area contributed by atoms with Gasteiger partial charge in [0.2, 0.25) is 0 Å². The molecule has 0 aliphatic heterocycles. The fourth-order valence-corrected chi connectivity index (χ4v) is 2.69. The number of carboxylic acids is 1. The van der Waals surface area contributed by atoms with Crippen LogP contribution >= 0.6 is 0 Å². The first-order chi connectivity index (χ1) is 12.6. The fourth-order valence-electron chi connectivity index (χ4n) is 2.69. The number of rotatable bonds is 7. The Bertz CT molecular complexity index is 876. The number of nitrogens with zero attached hydrogens (tertiary/aromatic N) is 2. The summed E-state index contributed by atoms with van der Waals surface area (Å²) in [5.41, 5.74) is 2.22. The van der Waals surface area contributed by atoms with Crippen molar-refractivity contribution in [3.63, 3.8) is 0 Å². The Morgan fingerprint density at radius 1 is 1.04 bits per heavy atom. The van der Waals surface area contributed by atoms with Crippen LogP contribution in [0.2, 0.25) is 0 Å². The van der Waals surface area contributed by atoms with Crippen LogP contribution < -0.4 is 5.32 Å². The molecule has 1 heterocycles. The maximum Gasteiger partial charge on any atom is 0.305 e. The van der Waals surface area contributed by atoms with Crippen LogP contribution in [-0.4, -0.2) is 26.8 Å². The standard InChI is InChI=1S/C20H19N3O3/c24-19(25)11-18(16-9-5-2-6-10-16)22-20(26)17-12-21-23(14-17)13-15-7-3-1-4-8-15/h1-10,12,14,18H,11,13H2,(H,22,26)(H,24,25)/t18-/m0/s1. The number of benzene rings is 2. The molecule has 1 atom stereocenters. The van der Waals surface area contributed by atoms with E-state index >= 15 is 0 Å². The minimum atomic E-state index is -0.973. The second kappa shape index (κ2) is 8.11. The van der Waals surface area contributed by atoms with Crippen LogP contribution in [0.15, 0.2) is 73.1 Å². The average molecular weight is 349 g/mol. The molecule has 6 nitrogen and oxygen atoms in total. The van der Waals surface area contributed by atoms with Crippen molar-refractivity contribution in [1.29, 1.82) is 0 Å². The Labute approximate surface area is 151 Å². The summed E-state index contributed by atoms with van der Waals surface area (Å²) in [4.78, 5) is 23.7. The molecule has 0 radical (unpaired) electrons. The lowest BCUT2D eigenvalue weighted by Gasteiger charge is -2.16. The molecular weight excluding hydrogens is 330 g/mol. The Hall–Kier alpha value is -3.41. The van der Waals surface area contributed by atoms with E-state index in [0.29, 0.717) is 12.1 Å². The number of hydrogen-bond acceptors (Lipinski definition) is 3. The molecule has 0 aliphatic rings. The minimum Gasteiger partial charge on any atom is -0.481 e. The number of carbonyl (C=O) groups is 2. The molecule has 2 aromatic carbocycles. The van der Waals surface area contributed by atoms with E-state index in [-0.39, 0.29) is 12.3 Å². The number of carboxylic acid groups (broad SMARTS) is 1. The SMILES string of the molecule is O=C(O)C[C@H](NC(=O)c1cnn(Cc2ccccc2)c1)c1ccccc1. The monoisotopic (exact) mass is 349 g/mol. The largest absolute Gasteiger partial charge is 0.481 e. The van der Waals surface area contributed by atoms with Gasteiger partial charge in [0.05, 0.1) is 30.8 Å². The van der Waals surface area contributed by atoms with Crippen molar-refractivity contribution in [2.24, 2.45) is 0 Å². The normalized spacial score (nSPS) is 11.7. The molecular formula is C20H19N3O3. The second-order valence-corrected chi connectivity index (χ2v) is 5.95. The van der Waals surface area contributed by atoms with E-state index in [1.165, 1.54) is 6.20 Å². The molecule has 3 aromatic rings. The van der Waals surface area contributed by atoms with Crippen molar-refractivity contribution in [2.45, 2.75) is 19.0 Å². The predicted molar refractivity (Wildman–Crippen MR) is 96.7 cm³/mol. The van der Waals surface area contributed by atoms with Gasteiger partial charge in [-0.25, -0.2) is 0 Å². The highest BCUT2D eigenvalue weighted by Gasteiger charge is 2.19. The van der Waals surface area contributed by atoms with Gasteiger partial charge in [0, 0.05) is 6.20 Å². The number of amides is 1. The predicted octanol–water partition coefficient (Wildman–Crippen LogP) is 2.88. The summed E-state index contributed by atoms with van der Waals surface area (Å²) >= 11 is 0. The van der Waals surface area contributed by atoms with Crippen LogP contribution in [0, 0.1) is 0 Å². The molecule has 0 spiro atoms. The smallest absolute Gasteiger partial charge is 0.305 e. The lowest BCUT2D eigenvalue weighted by molar-refractivity contribution is -0.137. The first-order valence-corrected chi connectivity index (χ1v) is 8.26. The van der Waals surface area contributed by atoms with Gasteiger partial charge in [-0.2, -0.15) is 5.10 Å². The Balaban J connectivity index is 1.71. The average Bonchev–Trinajstić information content (AvgIpc) is 3.11. The van der Waals surface area contributed by atoms with Crippen molar-refractivity contribution in [1.82, 2.24) is 15.1 Å². The maximum atomic E-state index is 12.5. The van der Waals surface area contributed by atoms with E-state index in [2.05, 4.69) is 10.4 Å². The van der Waals surface area contributed by atoms with E-state index in [4.69, 9.17) is 5.11 Å². The maximum absolute atomic E-state index is 12.5. The van der Waals surface area contributed by atoms with Gasteiger partial charge in [0.25, 0.3) is 5.91 Å². The van der Waals surface area contributed by atoms with Crippen molar-refractivity contribution in [2.75, 3.05) is 0 Å². The number of carbonyl (C=O) groups excluding carboxylic acids is 1. The second-order valence-electron chi connectivity index (χ2n) is 5.95. The topological polar surface area (TPSA) is 84.2 Å². The Kier molecular flexibility index (Phi) is 5.43.